The van der Waals surface area contributed by atoms with E-state index in [2.05, 4.69) is 24.8 Å². The van der Waals surface area contributed by atoms with Gasteiger partial charge in [-0.05, 0) is 65.5 Å². The van der Waals surface area contributed by atoms with Crippen LogP contribution in [-0.4, -0.2) is 48.3 Å². The third-order valence-electron chi connectivity index (χ3n) is 6.39. The maximum absolute atomic E-state index is 12.6. The Kier molecular flexibility index (Phi) is 4.01. The van der Waals surface area contributed by atoms with Crippen LogP contribution in [0.25, 0.3) is 0 Å². The lowest BCUT2D eigenvalue weighted by atomic mass is 9.80. The summed E-state index contributed by atoms with van der Waals surface area (Å²) in [6.07, 6.45) is 9.22. The molecule has 3 aliphatic heterocycles. The van der Waals surface area contributed by atoms with E-state index in [1.807, 2.05) is 0 Å². The molecule has 0 N–H and O–H groups in total. The van der Waals surface area contributed by atoms with E-state index in [1.54, 1.807) is 0 Å². The van der Waals surface area contributed by atoms with Crippen molar-refractivity contribution in [3.05, 3.63) is 11.6 Å². The van der Waals surface area contributed by atoms with Crippen molar-refractivity contribution >= 4 is 5.97 Å². The first kappa shape index (κ1) is 15.6. The molecule has 3 saturated heterocycles. The van der Waals surface area contributed by atoms with Gasteiger partial charge in [-0.3, -0.25) is 4.79 Å². The van der Waals surface area contributed by atoms with Gasteiger partial charge < -0.3 is 14.4 Å². The predicted octanol–water partition coefficient (Wildman–Crippen LogP) is 2.92. The van der Waals surface area contributed by atoms with Gasteiger partial charge in [-0.1, -0.05) is 11.6 Å². The smallest absolute Gasteiger partial charge is 0.311 e. The van der Waals surface area contributed by atoms with Gasteiger partial charge in [0.05, 0.1) is 11.5 Å². The van der Waals surface area contributed by atoms with E-state index in [-0.39, 0.29) is 29.7 Å². The zero-order valence-corrected chi connectivity index (χ0v) is 14.4. The molecule has 0 aromatic heterocycles. The highest BCUT2D eigenvalue weighted by Crippen LogP contribution is 2.50. The molecule has 3 fully saturated rings. The molecule has 0 radical (unpaired) electrons. The Morgan fingerprint density at radius 3 is 2.91 bits per heavy atom. The van der Waals surface area contributed by atoms with Gasteiger partial charge >= 0.3 is 5.97 Å². The third kappa shape index (κ3) is 2.96. The fraction of sp³-hybridized carbons (Fsp3) is 0.842. The molecular weight excluding hydrogens is 290 g/mol. The van der Waals surface area contributed by atoms with Gasteiger partial charge in [0.2, 0.25) is 0 Å². The second-order valence-corrected chi connectivity index (χ2v) is 8.16. The Hall–Kier alpha value is -0.870. The fourth-order valence-electron chi connectivity index (χ4n) is 4.79. The molecule has 0 aromatic carbocycles. The molecule has 23 heavy (non-hydrogen) atoms. The number of rotatable bonds is 2. The highest BCUT2D eigenvalue weighted by atomic mass is 16.6. The van der Waals surface area contributed by atoms with Crippen molar-refractivity contribution in [3.8, 4) is 0 Å². The quantitative estimate of drug-likeness (QED) is 0.446. The molecule has 1 aliphatic carbocycles. The van der Waals surface area contributed by atoms with E-state index >= 15 is 0 Å². The van der Waals surface area contributed by atoms with Crippen LogP contribution in [0, 0.1) is 11.8 Å². The summed E-state index contributed by atoms with van der Waals surface area (Å²) < 4.78 is 11.9. The summed E-state index contributed by atoms with van der Waals surface area (Å²) in [7, 11) is 0. The van der Waals surface area contributed by atoms with E-state index in [1.165, 1.54) is 18.4 Å². The van der Waals surface area contributed by atoms with Gasteiger partial charge in [0.1, 0.15) is 12.2 Å². The Labute approximate surface area is 139 Å². The standard InChI is InChI=1S/C19H29NO3/c1-13-6-5-9-19(2)17(23-19)16-14(8-7-13)15(18(21)22-16)12-20-10-3-4-11-20/h6,14-17H,3-5,7-12H2,1-2H3/b13-6+/t14-,15-,16-,17-,19+/m0/s1. The number of hydrogen-bond donors (Lipinski definition) is 0. The minimum atomic E-state index is -0.0835. The van der Waals surface area contributed by atoms with Crippen molar-refractivity contribution in [2.45, 2.75) is 70.2 Å². The van der Waals surface area contributed by atoms with E-state index in [4.69, 9.17) is 9.47 Å². The van der Waals surface area contributed by atoms with E-state index in [0.29, 0.717) is 5.92 Å². The van der Waals surface area contributed by atoms with Crippen molar-refractivity contribution in [2.75, 3.05) is 19.6 Å². The number of carbonyl (C=O) groups excluding carboxylic acids is 1. The van der Waals surface area contributed by atoms with E-state index in [9.17, 15) is 4.79 Å². The number of likely N-dealkylation sites (tertiary alicyclic amines) is 1. The van der Waals surface area contributed by atoms with Crippen molar-refractivity contribution in [1.82, 2.24) is 4.90 Å². The summed E-state index contributed by atoms with van der Waals surface area (Å²) in [4.78, 5) is 15.0. The number of allylic oxidation sites excluding steroid dienone is 2. The minimum absolute atomic E-state index is 0.0191. The van der Waals surface area contributed by atoms with Crippen LogP contribution in [0.1, 0.15) is 52.4 Å². The average Bonchev–Trinajstić information content (AvgIpc) is 2.87. The number of epoxide rings is 1. The van der Waals surface area contributed by atoms with Crippen LogP contribution < -0.4 is 0 Å². The molecule has 0 amide bonds. The van der Waals surface area contributed by atoms with Crippen LogP contribution >= 0.6 is 0 Å². The Balaban J connectivity index is 1.54. The first-order valence-electron chi connectivity index (χ1n) is 9.33. The van der Waals surface area contributed by atoms with Gasteiger partial charge in [0, 0.05) is 12.5 Å². The number of nitrogens with zero attached hydrogens (tertiary/aromatic N) is 1. The summed E-state index contributed by atoms with van der Waals surface area (Å²) in [5.41, 5.74) is 1.37. The van der Waals surface area contributed by atoms with Crippen LogP contribution in [-0.2, 0) is 14.3 Å². The van der Waals surface area contributed by atoms with Crippen LogP contribution in [0.15, 0.2) is 11.6 Å². The van der Waals surface area contributed by atoms with Crippen LogP contribution in [0.2, 0.25) is 0 Å². The third-order valence-corrected chi connectivity index (χ3v) is 6.39. The lowest BCUT2D eigenvalue weighted by Gasteiger charge is -2.25. The Morgan fingerprint density at radius 2 is 2.13 bits per heavy atom. The number of fused-ring (bicyclic) bond motifs is 3. The molecule has 3 heterocycles. The number of esters is 1. The summed E-state index contributed by atoms with van der Waals surface area (Å²) in [5.74, 6) is 0.376. The highest BCUT2D eigenvalue weighted by Gasteiger charge is 2.62. The monoisotopic (exact) mass is 319 g/mol. The summed E-state index contributed by atoms with van der Waals surface area (Å²) in [6.45, 7) is 7.56. The van der Waals surface area contributed by atoms with Crippen molar-refractivity contribution in [2.24, 2.45) is 11.8 Å². The number of hydrogen-bond acceptors (Lipinski definition) is 4. The molecule has 0 bridgehead atoms. The highest BCUT2D eigenvalue weighted by molar-refractivity contribution is 5.75. The van der Waals surface area contributed by atoms with Crippen molar-refractivity contribution in [1.29, 1.82) is 0 Å². The molecule has 0 aromatic rings. The first-order chi connectivity index (χ1) is 11.1. The van der Waals surface area contributed by atoms with E-state index < -0.39 is 0 Å². The molecule has 4 rings (SSSR count). The Morgan fingerprint density at radius 1 is 1.35 bits per heavy atom. The predicted molar refractivity (Wildman–Crippen MR) is 88.0 cm³/mol. The van der Waals surface area contributed by atoms with Gasteiger partial charge in [0.15, 0.2) is 0 Å². The minimum Gasteiger partial charge on any atom is -0.459 e. The zero-order chi connectivity index (χ0) is 16.0. The van der Waals surface area contributed by atoms with Gasteiger partial charge in [-0.15, -0.1) is 0 Å². The summed E-state index contributed by atoms with van der Waals surface area (Å²) in [6, 6.07) is 0. The normalized spacial score (nSPS) is 46.5. The molecule has 0 unspecified atom stereocenters. The molecule has 0 spiro atoms. The van der Waals surface area contributed by atoms with Gasteiger partial charge in [-0.2, -0.15) is 0 Å². The van der Waals surface area contributed by atoms with Gasteiger partial charge in [-0.25, -0.2) is 0 Å². The zero-order valence-electron chi connectivity index (χ0n) is 14.4. The molecule has 4 nitrogen and oxygen atoms in total. The number of carbonyl (C=O) groups is 1. The number of ether oxygens (including phenoxy) is 2. The SMILES string of the molecule is C/C1=C\CC[C@@]2(C)O[C@H]2[C@H]2OC(=O)[C@@H](CN3CCCC3)[C@@H]2CC1. The maximum atomic E-state index is 12.6. The van der Waals surface area contributed by atoms with Crippen LogP contribution in [0.3, 0.4) is 0 Å². The van der Waals surface area contributed by atoms with Crippen molar-refractivity contribution in [3.63, 3.8) is 0 Å². The maximum Gasteiger partial charge on any atom is 0.311 e. The Bertz CT molecular complexity index is 511. The second kappa shape index (κ2) is 5.89. The average molecular weight is 319 g/mol. The lowest BCUT2D eigenvalue weighted by molar-refractivity contribution is -0.145. The molecule has 5 atom stereocenters. The lowest BCUT2D eigenvalue weighted by Crippen LogP contribution is -2.35. The summed E-state index contributed by atoms with van der Waals surface area (Å²) >= 11 is 0. The largest absolute Gasteiger partial charge is 0.459 e. The second-order valence-electron chi connectivity index (χ2n) is 8.16. The van der Waals surface area contributed by atoms with Crippen molar-refractivity contribution < 1.29 is 14.3 Å². The topological polar surface area (TPSA) is 42.1 Å². The van der Waals surface area contributed by atoms with E-state index in [0.717, 1.165) is 45.3 Å². The molecule has 4 heteroatoms. The molecule has 0 saturated carbocycles. The first-order valence-corrected chi connectivity index (χ1v) is 9.33. The molecule has 4 aliphatic rings. The fourth-order valence-corrected chi connectivity index (χ4v) is 4.79. The molecule has 128 valence electrons. The van der Waals surface area contributed by atoms with Crippen LogP contribution in [0.4, 0.5) is 0 Å². The summed E-state index contributed by atoms with van der Waals surface area (Å²) in [5, 5.41) is 0. The van der Waals surface area contributed by atoms with Gasteiger partial charge in [0.25, 0.3) is 0 Å². The molecular formula is C19H29NO3. The van der Waals surface area contributed by atoms with Crippen LogP contribution in [0.5, 0.6) is 0 Å².